The molecule has 2 nitrogen and oxygen atoms in total. The van der Waals surface area contributed by atoms with Crippen LogP contribution in [0.2, 0.25) is 0 Å². The maximum absolute atomic E-state index is 8.91. The molecule has 1 aromatic heterocycles. The summed E-state index contributed by atoms with van der Waals surface area (Å²) in [7, 11) is 0. The van der Waals surface area contributed by atoms with Crippen LogP contribution in [0.3, 0.4) is 0 Å². The van der Waals surface area contributed by atoms with Crippen molar-refractivity contribution in [1.29, 1.82) is 5.26 Å². The lowest BCUT2D eigenvalue weighted by Crippen LogP contribution is -1.92. The molecule has 0 saturated carbocycles. The van der Waals surface area contributed by atoms with Crippen LogP contribution in [0.4, 0.5) is 5.00 Å². The van der Waals surface area contributed by atoms with Gasteiger partial charge in [0.25, 0.3) is 0 Å². The van der Waals surface area contributed by atoms with Crippen LogP contribution in [-0.2, 0) is 6.42 Å². The standard InChI is InChI=1S/C8H6N2S3/c9-3-5-6-4(1-2-12-6)7(10)13-8(5)11/h1-2,10H2. The zero-order valence-corrected chi connectivity index (χ0v) is 9.11. The minimum absolute atomic E-state index is 0.619. The predicted octanol–water partition coefficient (Wildman–Crippen LogP) is 2.58. The van der Waals surface area contributed by atoms with Crippen molar-refractivity contribution in [3.63, 3.8) is 0 Å². The summed E-state index contributed by atoms with van der Waals surface area (Å²) >= 11 is 8.11. The van der Waals surface area contributed by atoms with Crippen molar-refractivity contribution in [3.8, 4) is 6.07 Å². The molecule has 0 radical (unpaired) electrons. The first-order chi connectivity index (χ1) is 6.24. The number of thioether (sulfide) groups is 1. The van der Waals surface area contributed by atoms with Gasteiger partial charge in [-0.05, 0) is 6.42 Å². The molecule has 1 aromatic rings. The topological polar surface area (TPSA) is 49.8 Å². The average Bonchev–Trinajstić information content (AvgIpc) is 2.53. The lowest BCUT2D eigenvalue weighted by molar-refractivity contribution is 1.16. The fourth-order valence-electron chi connectivity index (χ4n) is 1.32. The fraction of sp³-hybridized carbons (Fsp3) is 0.250. The summed E-state index contributed by atoms with van der Waals surface area (Å²) in [6.45, 7) is 0. The second-order valence-corrected chi connectivity index (χ2v) is 5.47. The van der Waals surface area contributed by atoms with Crippen LogP contribution >= 0.6 is 35.3 Å². The van der Waals surface area contributed by atoms with E-state index in [0.717, 1.165) is 27.6 Å². The van der Waals surface area contributed by atoms with Crippen molar-refractivity contribution < 1.29 is 0 Å². The Balaban J connectivity index is 2.82. The van der Waals surface area contributed by atoms with E-state index in [-0.39, 0.29) is 0 Å². The molecule has 13 heavy (non-hydrogen) atoms. The summed E-state index contributed by atoms with van der Waals surface area (Å²) in [5.41, 5.74) is 7.60. The fourth-order valence-corrected chi connectivity index (χ4v) is 3.89. The van der Waals surface area contributed by atoms with Crippen LogP contribution in [0.1, 0.15) is 11.1 Å². The highest BCUT2D eigenvalue weighted by atomic mass is 32.2. The van der Waals surface area contributed by atoms with Gasteiger partial charge < -0.3 is 5.73 Å². The summed E-state index contributed by atoms with van der Waals surface area (Å²) in [6.07, 6.45) is 0.965. The number of anilines is 1. The summed E-state index contributed by atoms with van der Waals surface area (Å²) in [5, 5.41) is 9.69. The molecule has 0 unspecified atom stereocenters. The van der Waals surface area contributed by atoms with Crippen molar-refractivity contribution in [3.05, 3.63) is 15.0 Å². The van der Waals surface area contributed by atoms with Crippen molar-refractivity contribution in [2.24, 2.45) is 0 Å². The second kappa shape index (κ2) is 3.29. The van der Waals surface area contributed by atoms with E-state index in [9.17, 15) is 0 Å². The van der Waals surface area contributed by atoms with Gasteiger partial charge >= 0.3 is 0 Å². The number of nitriles is 1. The molecule has 5 heteroatoms. The van der Waals surface area contributed by atoms with Gasteiger partial charge in [0.15, 0.2) is 0 Å². The van der Waals surface area contributed by atoms with Crippen LogP contribution in [0.25, 0.3) is 0 Å². The molecule has 0 aromatic carbocycles. The van der Waals surface area contributed by atoms with Gasteiger partial charge in [-0.3, -0.25) is 0 Å². The molecule has 2 rings (SSSR count). The van der Waals surface area contributed by atoms with Gasteiger partial charge in [-0.15, -0.1) is 23.1 Å². The maximum Gasteiger partial charge on any atom is 0.111 e. The van der Waals surface area contributed by atoms with Crippen molar-refractivity contribution >= 4 is 40.3 Å². The summed E-state index contributed by atoms with van der Waals surface area (Å²) in [6, 6.07) is 2.15. The Morgan fingerprint density at radius 3 is 3.00 bits per heavy atom. The van der Waals surface area contributed by atoms with Crippen LogP contribution in [0.15, 0.2) is 4.90 Å². The Morgan fingerprint density at radius 1 is 1.54 bits per heavy atom. The normalized spacial score (nSPS) is 13.8. The van der Waals surface area contributed by atoms with E-state index in [1.165, 1.54) is 11.3 Å². The van der Waals surface area contributed by atoms with Gasteiger partial charge in [-0.1, -0.05) is 12.2 Å². The molecular formula is C8H6N2S3. The smallest absolute Gasteiger partial charge is 0.111 e. The van der Waals surface area contributed by atoms with E-state index in [1.807, 2.05) is 0 Å². The maximum atomic E-state index is 8.91. The van der Waals surface area contributed by atoms with Crippen molar-refractivity contribution in [1.82, 2.24) is 0 Å². The first-order valence-corrected chi connectivity index (χ1v) is 5.93. The summed E-state index contributed by atoms with van der Waals surface area (Å²) in [4.78, 5) is 1.02. The minimum Gasteiger partial charge on any atom is -0.390 e. The van der Waals surface area contributed by atoms with E-state index in [2.05, 4.69) is 6.07 Å². The molecule has 2 N–H and O–H groups in total. The van der Waals surface area contributed by atoms with Gasteiger partial charge in [0, 0.05) is 16.2 Å². The number of rotatable bonds is 0. The van der Waals surface area contributed by atoms with Crippen molar-refractivity contribution in [2.75, 3.05) is 11.5 Å². The predicted molar refractivity (Wildman–Crippen MR) is 58.7 cm³/mol. The zero-order valence-electron chi connectivity index (χ0n) is 6.66. The van der Waals surface area contributed by atoms with E-state index in [1.54, 1.807) is 11.8 Å². The average molecular weight is 226 g/mol. The number of hydrogen-bond donors (Lipinski definition) is 1. The van der Waals surface area contributed by atoms with Gasteiger partial charge in [-0.2, -0.15) is 5.26 Å². The number of nitrogen functional groups attached to an aromatic ring is 1. The molecule has 0 saturated heterocycles. The Labute approximate surface area is 89.4 Å². The quantitative estimate of drug-likeness (QED) is 0.691. The lowest BCUT2D eigenvalue weighted by atomic mass is 10.2. The number of hydrogen-bond acceptors (Lipinski definition) is 5. The summed E-state index contributed by atoms with van der Waals surface area (Å²) < 4.78 is 0.619. The first-order valence-electron chi connectivity index (χ1n) is 3.72. The molecule has 0 aliphatic carbocycles. The highest BCUT2D eigenvalue weighted by Gasteiger charge is 2.19. The molecule has 0 spiro atoms. The monoisotopic (exact) mass is 226 g/mol. The first kappa shape index (κ1) is 9.00. The molecule has 0 atom stereocenters. The Kier molecular flexibility index (Phi) is 2.28. The molecule has 1 aliphatic rings. The molecule has 66 valence electrons. The van der Waals surface area contributed by atoms with Crippen LogP contribution in [0.5, 0.6) is 0 Å². The molecule has 2 heterocycles. The van der Waals surface area contributed by atoms with Crippen molar-refractivity contribution in [2.45, 2.75) is 11.3 Å². The number of fused-ring (bicyclic) bond motifs is 1. The van der Waals surface area contributed by atoms with Crippen LogP contribution in [-0.4, -0.2) is 5.75 Å². The van der Waals surface area contributed by atoms with Crippen LogP contribution < -0.4 is 5.73 Å². The molecule has 0 fully saturated rings. The van der Waals surface area contributed by atoms with E-state index >= 15 is 0 Å². The molecular weight excluding hydrogens is 220 g/mol. The van der Waals surface area contributed by atoms with Gasteiger partial charge in [0.2, 0.25) is 0 Å². The summed E-state index contributed by atoms with van der Waals surface area (Å²) in [5.74, 6) is 1.01. The highest BCUT2D eigenvalue weighted by molar-refractivity contribution is 7.99. The van der Waals surface area contributed by atoms with Crippen LogP contribution in [0, 0.1) is 15.2 Å². The Bertz CT molecular complexity index is 456. The Morgan fingerprint density at radius 2 is 2.31 bits per heavy atom. The zero-order chi connectivity index (χ0) is 9.42. The molecule has 0 amide bonds. The second-order valence-electron chi connectivity index (χ2n) is 2.65. The van der Waals surface area contributed by atoms with Gasteiger partial charge in [0.05, 0.1) is 10.6 Å². The third-order valence-electron chi connectivity index (χ3n) is 1.92. The Hall–Kier alpha value is -0.570. The molecule has 0 bridgehead atoms. The lowest BCUT2D eigenvalue weighted by Gasteiger charge is -2.02. The van der Waals surface area contributed by atoms with E-state index < -0.39 is 0 Å². The van der Waals surface area contributed by atoms with Gasteiger partial charge in [-0.25, -0.2) is 0 Å². The van der Waals surface area contributed by atoms with Gasteiger partial charge in [0.1, 0.15) is 9.89 Å². The van der Waals surface area contributed by atoms with E-state index in [0.29, 0.717) is 9.39 Å². The minimum atomic E-state index is 0.619. The number of nitrogens with zero attached hydrogens (tertiary/aromatic N) is 1. The number of nitrogens with two attached hydrogens (primary N) is 1. The third-order valence-corrected chi connectivity index (χ3v) is 4.37. The third kappa shape index (κ3) is 1.35. The SMILES string of the molecule is N#Cc1c2c(c(N)sc1=S)CCS2. The van der Waals surface area contributed by atoms with E-state index in [4.69, 9.17) is 23.2 Å². The largest absolute Gasteiger partial charge is 0.390 e. The molecule has 1 aliphatic heterocycles. The highest BCUT2D eigenvalue weighted by Crippen LogP contribution is 2.40.